The number of aliphatic hydroxyl groups excluding tert-OH is 16. The van der Waals surface area contributed by atoms with Crippen LogP contribution in [-0.2, 0) is 47.4 Å². The number of hydrogen-bond donors (Lipinski definition) is 17. The first-order chi connectivity index (χ1) is 27.9. The smallest absolute Gasteiger partial charge is 0.217 e. The van der Waals surface area contributed by atoms with E-state index in [-0.39, 0.29) is 0 Å². The van der Waals surface area contributed by atoms with Crippen molar-refractivity contribution in [3.8, 4) is 0 Å². The lowest BCUT2D eigenvalue weighted by Crippen LogP contribution is -2.70. The molecule has 0 spiro atoms. The number of carbonyl (C=O) groups excluding carboxylic acids is 1. The van der Waals surface area contributed by atoms with Gasteiger partial charge >= 0.3 is 0 Å². The minimum Gasteiger partial charge on any atom is -0.394 e. The molecule has 0 aromatic heterocycles. The molecule has 0 aromatic rings. The zero-order valence-electron chi connectivity index (χ0n) is 31.2. The largest absolute Gasteiger partial charge is 0.394 e. The van der Waals surface area contributed by atoms with Crippen LogP contribution in [-0.4, -0.2) is 274 Å². The van der Waals surface area contributed by atoms with Crippen LogP contribution in [0.2, 0.25) is 0 Å². The van der Waals surface area contributed by atoms with Gasteiger partial charge in [-0.25, -0.2) is 0 Å². The van der Waals surface area contributed by atoms with Gasteiger partial charge < -0.3 is 130 Å². The molecule has 27 nitrogen and oxygen atoms in total. The second-order valence-corrected chi connectivity index (χ2v) is 14.7. The Morgan fingerprint density at radius 3 is 1.29 bits per heavy atom. The fourth-order valence-corrected chi connectivity index (χ4v) is 7.43. The van der Waals surface area contributed by atoms with Gasteiger partial charge in [0.25, 0.3) is 0 Å². The SMILES string of the molecule is CC(=O)NC1[C@H](O[C@@H]2C(O)[C@H](O[C@H]3C(CO)O[C@@H](O[C@@H]4C(CO)OC(O)C(O)[C@H]4O)C(O)[C@H]3O)OC(CO)[C@H]2O)OC(CO)[C@H](O)[C@@H]1O[C@@H]1OC(CO)[C@H](O)[C@H](O)C1O. The van der Waals surface area contributed by atoms with Crippen LogP contribution < -0.4 is 5.32 Å². The third-order valence-corrected chi connectivity index (χ3v) is 10.7. The summed E-state index contributed by atoms with van der Waals surface area (Å²) in [5, 5.41) is 169. The quantitative estimate of drug-likeness (QED) is 0.0770. The maximum Gasteiger partial charge on any atom is 0.217 e. The highest BCUT2D eigenvalue weighted by Crippen LogP contribution is 2.35. The Morgan fingerprint density at radius 2 is 0.780 bits per heavy atom. The first kappa shape index (κ1) is 48.5. The van der Waals surface area contributed by atoms with Crippen LogP contribution in [0, 0.1) is 0 Å². The average Bonchev–Trinajstić information content (AvgIpc) is 3.21. The Kier molecular flexibility index (Phi) is 17.1. The minimum absolute atomic E-state index is 0.805. The van der Waals surface area contributed by atoms with Crippen molar-refractivity contribution < 1.29 is 129 Å². The molecule has 59 heavy (non-hydrogen) atoms. The van der Waals surface area contributed by atoms with Gasteiger partial charge in [0.1, 0.15) is 122 Å². The number of rotatable bonds is 14. The maximum atomic E-state index is 12.4. The molecule has 0 aliphatic carbocycles. The Balaban J connectivity index is 1.35. The van der Waals surface area contributed by atoms with E-state index in [1.807, 2.05) is 0 Å². The zero-order chi connectivity index (χ0) is 43.6. The van der Waals surface area contributed by atoms with Crippen LogP contribution in [0.15, 0.2) is 0 Å². The summed E-state index contributed by atoms with van der Waals surface area (Å²) < 4.78 is 50.1. The van der Waals surface area contributed by atoms with E-state index < -0.39 is 192 Å². The topological polar surface area (TPSA) is 436 Å². The maximum absolute atomic E-state index is 12.4. The zero-order valence-corrected chi connectivity index (χ0v) is 31.2. The summed E-state index contributed by atoms with van der Waals surface area (Å²) in [6.45, 7) is -3.58. The molecule has 11 unspecified atom stereocenters. The summed E-state index contributed by atoms with van der Waals surface area (Å²) in [4.78, 5) is 12.4. The van der Waals surface area contributed by atoms with Crippen molar-refractivity contribution in [3.05, 3.63) is 0 Å². The second kappa shape index (κ2) is 20.8. The molecule has 344 valence electrons. The highest BCUT2D eigenvalue weighted by atomic mass is 16.8. The van der Waals surface area contributed by atoms with Gasteiger partial charge in [-0.05, 0) is 0 Å². The molecule has 25 atom stereocenters. The fourth-order valence-electron chi connectivity index (χ4n) is 7.43. The van der Waals surface area contributed by atoms with Gasteiger partial charge in [0.05, 0.1) is 33.0 Å². The molecule has 27 heteroatoms. The van der Waals surface area contributed by atoms with Gasteiger partial charge in [-0.15, -0.1) is 0 Å². The predicted octanol–water partition coefficient (Wildman–Crippen LogP) is -11.8. The van der Waals surface area contributed by atoms with Crippen molar-refractivity contribution in [2.24, 2.45) is 0 Å². The molecule has 0 saturated carbocycles. The van der Waals surface area contributed by atoms with Gasteiger partial charge in [-0.3, -0.25) is 4.79 Å². The molecule has 0 radical (unpaired) electrons. The van der Waals surface area contributed by atoms with Gasteiger partial charge in [-0.2, -0.15) is 0 Å². The molecular formula is C32H55NO26. The monoisotopic (exact) mass is 869 g/mol. The van der Waals surface area contributed by atoms with Gasteiger partial charge in [-0.1, -0.05) is 0 Å². The normalized spacial score (nSPS) is 51.0. The molecule has 5 fully saturated rings. The standard InChI is InChI=1S/C32H55NO26/c1-7(39)33-13-26(58-30-21(47)17(43)14(40)8(2-34)53-30)15(41)9(3-35)52-29(13)59-27-16(42)10(4-36)54-32(23(27)49)57-25-12(6-38)55-31(22(48)19(25)45)56-24-11(5-37)51-28(50)20(46)18(24)44/h8-32,34-38,40-50H,2-6H2,1H3,(H,33,39)/t8?,9?,10?,11?,12?,13?,14-,15-,16+,17-,18+,19+,20?,21?,22?,23?,24+,25-,26+,27-,28?,29-,30-,31-,32-/m0/s1. The number of hydrogen-bond acceptors (Lipinski definition) is 26. The number of amides is 1. The molecule has 17 N–H and O–H groups in total. The lowest BCUT2D eigenvalue weighted by molar-refractivity contribution is -0.388. The molecular weight excluding hydrogens is 814 g/mol. The second-order valence-electron chi connectivity index (χ2n) is 14.7. The van der Waals surface area contributed by atoms with E-state index in [1.165, 1.54) is 0 Å². The summed E-state index contributed by atoms with van der Waals surface area (Å²) in [5.74, 6) is -0.805. The minimum atomic E-state index is -2.15. The van der Waals surface area contributed by atoms with Crippen LogP contribution >= 0.6 is 0 Å². The summed E-state index contributed by atoms with van der Waals surface area (Å²) >= 11 is 0. The van der Waals surface area contributed by atoms with E-state index in [2.05, 4.69) is 5.32 Å². The van der Waals surface area contributed by atoms with Crippen molar-refractivity contribution >= 4 is 5.91 Å². The van der Waals surface area contributed by atoms with E-state index in [0.29, 0.717) is 0 Å². The van der Waals surface area contributed by atoms with Crippen molar-refractivity contribution in [2.75, 3.05) is 33.0 Å². The van der Waals surface area contributed by atoms with Crippen LogP contribution in [0.1, 0.15) is 6.92 Å². The molecule has 5 aliphatic heterocycles. The summed E-state index contributed by atoms with van der Waals surface area (Å²) in [7, 11) is 0. The molecule has 5 rings (SSSR count). The fraction of sp³-hybridized carbons (Fsp3) is 0.969. The van der Waals surface area contributed by atoms with Crippen LogP contribution in [0.4, 0.5) is 0 Å². The van der Waals surface area contributed by atoms with Crippen LogP contribution in [0.25, 0.3) is 0 Å². The lowest BCUT2D eigenvalue weighted by atomic mass is 9.94. The van der Waals surface area contributed by atoms with E-state index in [4.69, 9.17) is 42.6 Å². The number of ether oxygens (including phenoxy) is 9. The molecule has 5 heterocycles. The summed E-state index contributed by atoms with van der Waals surface area (Å²) in [6, 6.07) is -1.67. The van der Waals surface area contributed by atoms with Crippen molar-refractivity contribution in [1.82, 2.24) is 5.32 Å². The predicted molar refractivity (Wildman–Crippen MR) is 178 cm³/mol. The van der Waals surface area contributed by atoms with Crippen molar-refractivity contribution in [2.45, 2.75) is 160 Å². The average molecular weight is 870 g/mol. The van der Waals surface area contributed by atoms with Gasteiger partial charge in [0.15, 0.2) is 31.5 Å². The molecule has 1 amide bonds. The van der Waals surface area contributed by atoms with Crippen molar-refractivity contribution in [3.63, 3.8) is 0 Å². The Bertz CT molecular complexity index is 1320. The van der Waals surface area contributed by atoms with E-state index in [1.54, 1.807) is 0 Å². The number of carbonyl (C=O) groups is 1. The van der Waals surface area contributed by atoms with E-state index in [0.717, 1.165) is 6.92 Å². The summed E-state index contributed by atoms with van der Waals surface area (Å²) in [5.41, 5.74) is 0. The highest BCUT2D eigenvalue weighted by Gasteiger charge is 2.57. The third kappa shape index (κ3) is 10.2. The lowest BCUT2D eigenvalue weighted by Gasteiger charge is -2.50. The third-order valence-electron chi connectivity index (χ3n) is 10.7. The van der Waals surface area contributed by atoms with Gasteiger partial charge in [0.2, 0.25) is 5.91 Å². The van der Waals surface area contributed by atoms with E-state index in [9.17, 15) is 86.5 Å². The van der Waals surface area contributed by atoms with Gasteiger partial charge in [0, 0.05) is 6.92 Å². The Hall–Kier alpha value is -1.53. The molecule has 5 aliphatic rings. The summed E-state index contributed by atoms with van der Waals surface area (Å²) in [6.07, 6.45) is -44.4. The van der Waals surface area contributed by atoms with Crippen LogP contribution in [0.3, 0.4) is 0 Å². The number of nitrogens with one attached hydrogen (secondary N) is 1. The molecule has 0 bridgehead atoms. The Labute approximate surface area is 333 Å². The Morgan fingerprint density at radius 1 is 0.407 bits per heavy atom. The molecule has 0 aromatic carbocycles. The first-order valence-corrected chi connectivity index (χ1v) is 18.6. The van der Waals surface area contributed by atoms with E-state index >= 15 is 0 Å². The number of aliphatic hydroxyl groups is 16. The van der Waals surface area contributed by atoms with Crippen LogP contribution in [0.5, 0.6) is 0 Å². The first-order valence-electron chi connectivity index (χ1n) is 18.6. The highest BCUT2D eigenvalue weighted by molar-refractivity contribution is 5.73. The van der Waals surface area contributed by atoms with Crippen molar-refractivity contribution in [1.29, 1.82) is 0 Å². The molecule has 5 saturated heterocycles.